The second-order valence-corrected chi connectivity index (χ2v) is 15.5. The molecular formula is C43H47F2N5O6S. The molecule has 3 aromatic carbocycles. The van der Waals surface area contributed by atoms with Crippen LogP contribution in [0.3, 0.4) is 0 Å². The molecule has 2 aliphatic heterocycles. The van der Waals surface area contributed by atoms with Crippen molar-refractivity contribution in [3.05, 3.63) is 83.6 Å². The molecule has 3 heterocycles. The van der Waals surface area contributed by atoms with E-state index in [4.69, 9.17) is 27.4 Å². The van der Waals surface area contributed by atoms with E-state index in [1.807, 2.05) is 54.7 Å². The van der Waals surface area contributed by atoms with E-state index in [0.717, 1.165) is 58.8 Å². The molecule has 1 atom stereocenters. The molecule has 1 unspecified atom stereocenters. The van der Waals surface area contributed by atoms with Gasteiger partial charge in [0.2, 0.25) is 23.6 Å². The van der Waals surface area contributed by atoms with E-state index < -0.39 is 17.9 Å². The smallest absolute Gasteiger partial charge is 0.255 e. The molecule has 1 saturated heterocycles. The van der Waals surface area contributed by atoms with Crippen LogP contribution in [0.15, 0.2) is 66.9 Å². The highest BCUT2D eigenvalue weighted by Crippen LogP contribution is 2.42. The van der Waals surface area contributed by atoms with E-state index in [-0.39, 0.29) is 62.6 Å². The Morgan fingerprint density at radius 3 is 2.47 bits per heavy atom. The van der Waals surface area contributed by atoms with E-state index in [1.54, 1.807) is 12.1 Å². The van der Waals surface area contributed by atoms with Crippen LogP contribution < -0.4 is 21.1 Å². The third-order valence-corrected chi connectivity index (χ3v) is 11.3. The first-order valence-electron chi connectivity index (χ1n) is 19.7. The van der Waals surface area contributed by atoms with Gasteiger partial charge in [0.25, 0.3) is 5.91 Å². The van der Waals surface area contributed by atoms with Gasteiger partial charge in [0.15, 0.2) is 0 Å². The van der Waals surface area contributed by atoms with Gasteiger partial charge in [-0.1, -0.05) is 49.0 Å². The number of anilines is 1. The maximum Gasteiger partial charge on any atom is 0.255 e. The summed E-state index contributed by atoms with van der Waals surface area (Å²) in [5, 5.41) is 6.25. The Morgan fingerprint density at radius 1 is 0.930 bits per heavy atom. The number of fused-ring (bicyclic) bond motifs is 2. The lowest BCUT2D eigenvalue weighted by molar-refractivity contribution is -0.137. The molecule has 1 aromatic heterocycles. The monoisotopic (exact) mass is 799 g/mol. The SMILES string of the molecule is NC(=S)c1cccc(-c2cn(C3CCC(F)(F)CC3)c3cc(NC(=O)CCOCCCCCCOc4cccc5c4CN(C4CCC(=O)NC4=O)C5=O)ccc23)c1. The van der Waals surface area contributed by atoms with Gasteiger partial charge >= 0.3 is 0 Å². The number of hydrogen-bond donors (Lipinski definition) is 3. The van der Waals surface area contributed by atoms with E-state index in [2.05, 4.69) is 15.2 Å². The van der Waals surface area contributed by atoms with Gasteiger partial charge in [-0.25, -0.2) is 8.78 Å². The third-order valence-electron chi connectivity index (χ3n) is 11.1. The maximum atomic E-state index is 14.1. The Kier molecular flexibility index (Phi) is 12.3. The number of carbonyl (C=O) groups is 4. The molecule has 4 N–H and O–H groups in total. The summed E-state index contributed by atoms with van der Waals surface area (Å²) in [5.41, 5.74) is 11.3. The highest BCUT2D eigenvalue weighted by atomic mass is 32.1. The lowest BCUT2D eigenvalue weighted by atomic mass is 9.92. The molecule has 3 aliphatic rings. The van der Waals surface area contributed by atoms with Crippen molar-refractivity contribution in [2.45, 2.75) is 95.2 Å². The molecule has 7 rings (SSSR count). The number of unbranched alkanes of at least 4 members (excludes halogenated alkanes) is 3. The predicted octanol–water partition coefficient (Wildman–Crippen LogP) is 7.44. The zero-order chi connectivity index (χ0) is 40.1. The van der Waals surface area contributed by atoms with E-state index in [0.29, 0.717) is 54.5 Å². The first kappa shape index (κ1) is 40.0. The highest BCUT2D eigenvalue weighted by molar-refractivity contribution is 7.80. The highest BCUT2D eigenvalue weighted by Gasteiger charge is 2.40. The fourth-order valence-corrected chi connectivity index (χ4v) is 8.16. The van der Waals surface area contributed by atoms with Gasteiger partial charge in [0.05, 0.1) is 31.7 Å². The van der Waals surface area contributed by atoms with Crippen molar-refractivity contribution in [1.82, 2.24) is 14.8 Å². The molecular weight excluding hydrogens is 753 g/mol. The Balaban J connectivity index is 0.844. The molecule has 0 spiro atoms. The molecule has 14 heteroatoms. The van der Waals surface area contributed by atoms with Crippen LogP contribution >= 0.6 is 12.2 Å². The second-order valence-electron chi connectivity index (χ2n) is 15.1. The number of thiocarbonyl (C=S) groups is 1. The lowest BCUT2D eigenvalue weighted by Crippen LogP contribution is -2.52. The molecule has 57 heavy (non-hydrogen) atoms. The van der Waals surface area contributed by atoms with Crippen LogP contribution in [0.4, 0.5) is 14.5 Å². The fourth-order valence-electron chi connectivity index (χ4n) is 8.03. The van der Waals surface area contributed by atoms with Crippen molar-refractivity contribution in [3.63, 3.8) is 0 Å². The number of nitrogens with two attached hydrogens (primary N) is 1. The number of alkyl halides is 2. The van der Waals surface area contributed by atoms with E-state index >= 15 is 0 Å². The van der Waals surface area contributed by atoms with Gasteiger partial charge in [0.1, 0.15) is 16.8 Å². The number of benzene rings is 3. The number of rotatable bonds is 16. The first-order chi connectivity index (χ1) is 27.5. The largest absolute Gasteiger partial charge is 0.493 e. The van der Waals surface area contributed by atoms with Crippen molar-refractivity contribution in [1.29, 1.82) is 0 Å². The number of aromatic nitrogens is 1. The van der Waals surface area contributed by atoms with Crippen molar-refractivity contribution >= 4 is 57.4 Å². The van der Waals surface area contributed by atoms with E-state index in [1.165, 1.54) is 4.90 Å². The summed E-state index contributed by atoms with van der Waals surface area (Å²) in [6.45, 7) is 1.55. The molecule has 4 aromatic rings. The average molecular weight is 800 g/mol. The van der Waals surface area contributed by atoms with Gasteiger partial charge < -0.3 is 30.0 Å². The number of carbonyl (C=O) groups excluding carboxylic acids is 4. The van der Waals surface area contributed by atoms with E-state index in [9.17, 15) is 28.0 Å². The summed E-state index contributed by atoms with van der Waals surface area (Å²) < 4.78 is 42.1. The van der Waals surface area contributed by atoms with Gasteiger partial charge in [0, 0.05) is 71.4 Å². The Bertz CT molecular complexity index is 2180. The van der Waals surface area contributed by atoms with Crippen LogP contribution in [0.25, 0.3) is 22.0 Å². The second kappa shape index (κ2) is 17.5. The molecule has 2 fully saturated rings. The molecule has 0 bridgehead atoms. The zero-order valence-corrected chi connectivity index (χ0v) is 32.5. The zero-order valence-electron chi connectivity index (χ0n) is 31.7. The first-order valence-corrected chi connectivity index (χ1v) is 20.1. The minimum atomic E-state index is -2.65. The molecule has 1 aliphatic carbocycles. The Labute approximate surface area is 335 Å². The molecule has 300 valence electrons. The fraction of sp³-hybridized carbons (Fsp3) is 0.419. The number of ether oxygens (including phenoxy) is 2. The normalized spacial score (nSPS) is 18.1. The van der Waals surface area contributed by atoms with Gasteiger partial charge in [-0.2, -0.15) is 0 Å². The van der Waals surface area contributed by atoms with Gasteiger partial charge in [-0.15, -0.1) is 0 Å². The number of imide groups is 1. The molecule has 0 radical (unpaired) electrons. The lowest BCUT2D eigenvalue weighted by Gasteiger charge is -2.29. The summed E-state index contributed by atoms with van der Waals surface area (Å²) in [4.78, 5) is 51.7. The number of hydrogen-bond acceptors (Lipinski definition) is 7. The van der Waals surface area contributed by atoms with Crippen molar-refractivity contribution in [2.24, 2.45) is 5.73 Å². The minimum Gasteiger partial charge on any atom is -0.493 e. The van der Waals surface area contributed by atoms with Crippen LogP contribution in [0.1, 0.15) is 98.2 Å². The van der Waals surface area contributed by atoms with Crippen LogP contribution in [0.5, 0.6) is 5.75 Å². The minimum absolute atomic E-state index is 0.0945. The number of nitrogens with zero attached hydrogens (tertiary/aromatic N) is 2. The Morgan fingerprint density at radius 2 is 1.70 bits per heavy atom. The van der Waals surface area contributed by atoms with Crippen molar-refractivity contribution in [2.75, 3.05) is 25.1 Å². The maximum absolute atomic E-state index is 14.1. The van der Waals surface area contributed by atoms with Crippen LogP contribution in [-0.2, 0) is 25.7 Å². The summed E-state index contributed by atoms with van der Waals surface area (Å²) in [7, 11) is 0. The summed E-state index contributed by atoms with van der Waals surface area (Å²) in [5.74, 6) is -3.18. The average Bonchev–Trinajstić information content (AvgIpc) is 3.73. The summed E-state index contributed by atoms with van der Waals surface area (Å²) in [6.07, 6.45) is 6.60. The van der Waals surface area contributed by atoms with Crippen molar-refractivity contribution in [3.8, 4) is 16.9 Å². The van der Waals surface area contributed by atoms with Crippen LogP contribution in [0.2, 0.25) is 0 Å². The van der Waals surface area contributed by atoms with Gasteiger partial charge in [-0.05, 0) is 74.4 Å². The molecule has 1 saturated carbocycles. The summed E-state index contributed by atoms with van der Waals surface area (Å²) in [6, 6.07) is 18.0. The number of halogens is 2. The topological polar surface area (TPSA) is 145 Å². The third kappa shape index (κ3) is 9.34. The molecule has 4 amide bonds. The number of amides is 4. The summed E-state index contributed by atoms with van der Waals surface area (Å²) >= 11 is 5.20. The number of piperidine rings is 1. The van der Waals surface area contributed by atoms with Crippen molar-refractivity contribution < 1.29 is 37.4 Å². The quantitative estimate of drug-likeness (QED) is 0.0603. The molecule has 11 nitrogen and oxygen atoms in total. The Hall–Kier alpha value is -5.21. The predicted molar refractivity (Wildman–Crippen MR) is 216 cm³/mol. The van der Waals surface area contributed by atoms with Crippen LogP contribution in [0, 0.1) is 0 Å². The van der Waals surface area contributed by atoms with Gasteiger partial charge in [-0.3, -0.25) is 24.5 Å². The number of nitrogens with one attached hydrogen (secondary N) is 2. The van der Waals surface area contributed by atoms with Crippen LogP contribution in [-0.4, -0.2) is 69.9 Å². The standard InChI is InChI=1S/C43H47F2N5O6S/c44-43(45)18-15-30(16-19-43)49-25-33(27-7-5-8-28(23-27)40(46)57)31-12-11-29(24-36(31)49)47-39(52)17-22-55-20-3-1-2-4-21-56-37-10-6-9-32-34(37)26-50(42(32)54)35-13-14-38(51)48-41(35)53/h5-12,23-25,30,35H,1-4,13-22,26H2,(H2,46,57)(H,47,52)(H,48,51,53).